The average molecular weight is 534 g/mol. The number of hydrogen-bond donors (Lipinski definition) is 1. The van der Waals surface area contributed by atoms with Gasteiger partial charge in [-0.1, -0.05) is 55.8 Å². The minimum atomic E-state index is -0.954. The van der Waals surface area contributed by atoms with Gasteiger partial charge in [0.25, 0.3) is 0 Å². The number of aliphatic carboxylic acids is 1. The van der Waals surface area contributed by atoms with E-state index in [1.807, 2.05) is 11.3 Å². The van der Waals surface area contributed by atoms with Crippen LogP contribution in [0.15, 0.2) is 47.4 Å². The molecule has 0 bridgehead atoms. The van der Waals surface area contributed by atoms with E-state index in [9.17, 15) is 9.59 Å². The molecule has 0 saturated heterocycles. The second-order valence-corrected chi connectivity index (χ2v) is 13.5. The molecule has 7 unspecified atom stereocenters. The number of hydrogen-bond acceptors (Lipinski definition) is 5. The Morgan fingerprint density at radius 3 is 2.66 bits per heavy atom. The van der Waals surface area contributed by atoms with E-state index in [1.165, 1.54) is 41.8 Å². The molecule has 38 heavy (non-hydrogen) atoms. The largest absolute Gasteiger partial charge is 0.481 e. The number of carboxylic acid groups (broad SMARTS) is 1. The van der Waals surface area contributed by atoms with Crippen molar-refractivity contribution in [3.05, 3.63) is 52.4 Å². The molecule has 6 heteroatoms. The number of esters is 1. The molecule has 1 heterocycles. The summed E-state index contributed by atoms with van der Waals surface area (Å²) >= 11 is 1.86. The maximum atomic E-state index is 12.2. The zero-order valence-corrected chi connectivity index (χ0v) is 23.3. The van der Waals surface area contributed by atoms with Crippen molar-refractivity contribution in [2.45, 2.75) is 90.1 Å². The van der Waals surface area contributed by atoms with E-state index >= 15 is 0 Å². The van der Waals surface area contributed by atoms with Crippen LogP contribution in [0.4, 0.5) is 0 Å². The van der Waals surface area contributed by atoms with Crippen molar-refractivity contribution >= 4 is 23.3 Å². The van der Waals surface area contributed by atoms with Gasteiger partial charge in [-0.2, -0.15) is 0 Å². The first-order valence-electron chi connectivity index (χ1n) is 14.4. The number of carbonyl (C=O) groups excluding carboxylic acids is 1. The number of fused-ring (bicyclic) bond motifs is 5. The number of nitrogens with zero attached hydrogens (tertiary/aromatic N) is 1. The topological polar surface area (TPSA) is 76.5 Å². The van der Waals surface area contributed by atoms with Gasteiger partial charge in [-0.25, -0.2) is 4.98 Å². The van der Waals surface area contributed by atoms with Crippen molar-refractivity contribution in [3.63, 3.8) is 0 Å². The van der Waals surface area contributed by atoms with E-state index in [0.29, 0.717) is 17.3 Å². The van der Waals surface area contributed by atoms with Crippen molar-refractivity contribution in [1.82, 2.24) is 4.98 Å². The minimum Gasteiger partial charge on any atom is -0.481 e. The second-order valence-electron chi connectivity index (χ2n) is 12.6. The van der Waals surface area contributed by atoms with E-state index in [0.717, 1.165) is 43.2 Å². The summed E-state index contributed by atoms with van der Waals surface area (Å²) in [6.07, 6.45) is 11.1. The molecular weight excluding hydrogens is 494 g/mol. The molecule has 7 atom stereocenters. The Morgan fingerprint density at radius 2 is 1.87 bits per heavy atom. The Bertz CT molecular complexity index is 1240. The van der Waals surface area contributed by atoms with E-state index < -0.39 is 5.97 Å². The standard InChI is InChI=1S/C32H39NO4S/c1-31-16-14-22(37-29(36)13-12-28(34)35)18-21(31)8-9-23-24-10-11-26(32(24,2)17-15-25(23)31)30-33-27(19-38-30)20-6-4-3-5-7-20/h3-8,19,22-26H,9-18H2,1-2H3,(H,34,35). The van der Waals surface area contributed by atoms with Crippen molar-refractivity contribution < 1.29 is 19.4 Å². The Labute approximate surface area is 229 Å². The number of benzene rings is 1. The van der Waals surface area contributed by atoms with Crippen LogP contribution in [-0.4, -0.2) is 28.1 Å². The van der Waals surface area contributed by atoms with E-state index in [-0.39, 0.29) is 30.3 Å². The molecule has 3 fully saturated rings. The van der Waals surface area contributed by atoms with Gasteiger partial charge < -0.3 is 9.84 Å². The number of carbonyl (C=O) groups is 2. The van der Waals surface area contributed by atoms with Gasteiger partial charge in [0.15, 0.2) is 0 Å². The number of aromatic nitrogens is 1. The Hall–Kier alpha value is -2.47. The SMILES string of the molecule is CC12CCC(OC(=O)CCC(=O)O)CC1=CCC1C2CCC2(C)C(c3nc(-c4ccccc4)cs3)CCC12. The number of ether oxygens (including phenoxy) is 1. The van der Waals surface area contributed by atoms with Crippen LogP contribution in [0.2, 0.25) is 0 Å². The van der Waals surface area contributed by atoms with Crippen molar-refractivity contribution in [3.8, 4) is 11.3 Å². The monoisotopic (exact) mass is 533 g/mol. The molecule has 6 rings (SSSR count). The first-order valence-corrected chi connectivity index (χ1v) is 15.3. The highest BCUT2D eigenvalue weighted by atomic mass is 32.1. The lowest BCUT2D eigenvalue weighted by Crippen LogP contribution is -2.50. The quantitative estimate of drug-likeness (QED) is 0.305. The smallest absolute Gasteiger partial charge is 0.306 e. The van der Waals surface area contributed by atoms with E-state index in [1.54, 1.807) is 0 Å². The molecule has 0 amide bonds. The van der Waals surface area contributed by atoms with Crippen molar-refractivity contribution in [1.29, 1.82) is 0 Å². The Kier molecular flexibility index (Phi) is 6.74. The predicted octanol–water partition coefficient (Wildman–Crippen LogP) is 7.63. The van der Waals surface area contributed by atoms with Gasteiger partial charge in [-0.05, 0) is 73.5 Å². The lowest BCUT2D eigenvalue weighted by Gasteiger charge is -2.58. The zero-order chi connectivity index (χ0) is 26.5. The summed E-state index contributed by atoms with van der Waals surface area (Å²) in [5, 5.41) is 12.4. The lowest BCUT2D eigenvalue weighted by atomic mass is 9.47. The van der Waals surface area contributed by atoms with Crippen molar-refractivity contribution in [2.75, 3.05) is 0 Å². The molecule has 2 aromatic rings. The fourth-order valence-electron chi connectivity index (χ4n) is 8.78. The third-order valence-electron chi connectivity index (χ3n) is 10.8. The van der Waals surface area contributed by atoms with E-state index in [4.69, 9.17) is 14.8 Å². The van der Waals surface area contributed by atoms with Crippen LogP contribution in [0.1, 0.15) is 89.0 Å². The third kappa shape index (κ3) is 4.43. The molecule has 202 valence electrons. The van der Waals surface area contributed by atoms with Crippen molar-refractivity contribution in [2.24, 2.45) is 28.6 Å². The first-order chi connectivity index (χ1) is 18.3. The summed E-state index contributed by atoms with van der Waals surface area (Å²) in [4.78, 5) is 28.1. The molecule has 4 aliphatic rings. The summed E-state index contributed by atoms with van der Waals surface area (Å²) in [7, 11) is 0. The summed E-state index contributed by atoms with van der Waals surface area (Å²) in [6, 6.07) is 10.5. The molecular formula is C32H39NO4S. The number of rotatable bonds is 6. The Morgan fingerprint density at radius 1 is 1.05 bits per heavy atom. The van der Waals surface area contributed by atoms with Crippen LogP contribution >= 0.6 is 11.3 Å². The summed E-state index contributed by atoms with van der Waals surface area (Å²) in [5.74, 6) is 1.36. The third-order valence-corrected chi connectivity index (χ3v) is 11.7. The summed E-state index contributed by atoms with van der Waals surface area (Å²) < 4.78 is 5.71. The highest BCUT2D eigenvalue weighted by Crippen LogP contribution is 2.68. The lowest BCUT2D eigenvalue weighted by molar-refractivity contribution is -0.154. The molecule has 0 aliphatic heterocycles. The summed E-state index contributed by atoms with van der Waals surface area (Å²) in [5.41, 5.74) is 4.30. The molecule has 1 aromatic carbocycles. The van der Waals surface area contributed by atoms with Gasteiger partial charge in [0, 0.05) is 23.3 Å². The van der Waals surface area contributed by atoms with Crippen LogP contribution < -0.4 is 0 Å². The van der Waals surface area contributed by atoms with Crippen LogP contribution in [0.5, 0.6) is 0 Å². The van der Waals surface area contributed by atoms with Gasteiger partial charge in [0.1, 0.15) is 6.10 Å². The molecule has 0 radical (unpaired) electrons. The van der Waals surface area contributed by atoms with Gasteiger partial charge >= 0.3 is 11.9 Å². The molecule has 0 spiro atoms. The van der Waals surface area contributed by atoms with Gasteiger partial charge in [0.05, 0.1) is 23.5 Å². The molecule has 3 saturated carbocycles. The van der Waals surface area contributed by atoms with Crippen LogP contribution in [-0.2, 0) is 14.3 Å². The second kappa shape index (κ2) is 9.93. The van der Waals surface area contributed by atoms with Crippen LogP contribution in [0, 0.1) is 28.6 Å². The van der Waals surface area contributed by atoms with Gasteiger partial charge in [0.2, 0.25) is 0 Å². The minimum absolute atomic E-state index is 0.0415. The van der Waals surface area contributed by atoms with Gasteiger partial charge in [-0.3, -0.25) is 9.59 Å². The number of carboxylic acids is 1. The van der Waals surface area contributed by atoms with Crippen LogP contribution in [0.3, 0.4) is 0 Å². The fourth-order valence-corrected chi connectivity index (χ4v) is 9.90. The molecule has 5 nitrogen and oxygen atoms in total. The molecule has 1 N–H and O–H groups in total. The average Bonchev–Trinajstić information content (AvgIpc) is 3.52. The first kappa shape index (κ1) is 25.8. The highest BCUT2D eigenvalue weighted by Gasteiger charge is 2.59. The number of thiazole rings is 1. The van der Waals surface area contributed by atoms with Gasteiger partial charge in [-0.15, -0.1) is 11.3 Å². The van der Waals surface area contributed by atoms with Crippen LogP contribution in [0.25, 0.3) is 11.3 Å². The fraction of sp³-hybridized carbons (Fsp3) is 0.594. The maximum Gasteiger partial charge on any atom is 0.306 e. The van der Waals surface area contributed by atoms with E-state index in [2.05, 4.69) is 55.6 Å². The molecule has 1 aromatic heterocycles. The normalized spacial score (nSPS) is 35.9. The highest BCUT2D eigenvalue weighted by molar-refractivity contribution is 7.10. The molecule has 4 aliphatic carbocycles. The zero-order valence-electron chi connectivity index (χ0n) is 22.5. The maximum absolute atomic E-state index is 12.2. The number of allylic oxidation sites excluding steroid dienone is 1. The predicted molar refractivity (Wildman–Crippen MR) is 149 cm³/mol. The summed E-state index contributed by atoms with van der Waals surface area (Å²) in [6.45, 7) is 5.03. The Balaban J connectivity index is 1.16.